The standard InChI is InChI=1S/C31H35ClN4O2/c1-21(2)18-28(35(17-7-16-33)30(37)24-12-10-22(3)11-13-24)29-34-27-19-25(32)14-15-26(27)31(38)36(29)20-23-8-5-4-6-9-23/h4-6,8-15,19,21,28H,7,16-18,20,33H2,1-3H3. The predicted octanol–water partition coefficient (Wildman–Crippen LogP) is 5.99. The smallest absolute Gasteiger partial charge is 0.261 e. The van der Waals surface area contributed by atoms with Crippen LogP contribution in [-0.2, 0) is 6.54 Å². The van der Waals surface area contributed by atoms with E-state index in [1.165, 1.54) is 0 Å². The quantitative estimate of drug-likeness (QED) is 0.273. The van der Waals surface area contributed by atoms with Crippen LogP contribution in [0.25, 0.3) is 10.9 Å². The van der Waals surface area contributed by atoms with E-state index in [2.05, 4.69) is 13.8 Å². The molecule has 3 aromatic carbocycles. The van der Waals surface area contributed by atoms with Crippen molar-refractivity contribution < 1.29 is 4.79 Å². The number of aryl methyl sites for hydroxylation is 1. The zero-order valence-electron chi connectivity index (χ0n) is 22.2. The first kappa shape index (κ1) is 27.6. The van der Waals surface area contributed by atoms with E-state index in [-0.39, 0.29) is 17.4 Å². The van der Waals surface area contributed by atoms with Crippen LogP contribution in [0.5, 0.6) is 0 Å². The Bertz CT molecular complexity index is 1450. The van der Waals surface area contributed by atoms with E-state index >= 15 is 0 Å². The van der Waals surface area contributed by atoms with E-state index in [1.807, 2.05) is 66.4 Å². The lowest BCUT2D eigenvalue weighted by Crippen LogP contribution is -2.41. The molecule has 1 unspecified atom stereocenters. The number of hydrogen-bond donors (Lipinski definition) is 1. The normalized spacial score (nSPS) is 12.2. The summed E-state index contributed by atoms with van der Waals surface area (Å²) in [5, 5.41) is 1.00. The molecule has 0 bridgehead atoms. The zero-order valence-corrected chi connectivity index (χ0v) is 23.0. The van der Waals surface area contributed by atoms with Gasteiger partial charge in [-0.25, -0.2) is 4.98 Å². The highest BCUT2D eigenvalue weighted by Crippen LogP contribution is 2.30. The van der Waals surface area contributed by atoms with Gasteiger partial charge in [-0.1, -0.05) is 73.5 Å². The molecule has 0 aliphatic carbocycles. The number of carbonyl (C=O) groups is 1. The Hall–Kier alpha value is -3.48. The number of rotatable bonds is 10. The van der Waals surface area contributed by atoms with Crippen LogP contribution in [0.4, 0.5) is 0 Å². The van der Waals surface area contributed by atoms with E-state index in [0.29, 0.717) is 59.8 Å². The van der Waals surface area contributed by atoms with Gasteiger partial charge in [-0.15, -0.1) is 0 Å². The molecule has 0 saturated carbocycles. The number of halogens is 1. The van der Waals surface area contributed by atoms with Gasteiger partial charge in [0.1, 0.15) is 5.82 Å². The van der Waals surface area contributed by atoms with Crippen molar-refractivity contribution in [3.05, 3.63) is 111 Å². The minimum absolute atomic E-state index is 0.101. The molecule has 38 heavy (non-hydrogen) atoms. The molecule has 0 radical (unpaired) electrons. The summed E-state index contributed by atoms with van der Waals surface area (Å²) in [5.74, 6) is 0.693. The molecular weight excluding hydrogens is 496 g/mol. The predicted molar refractivity (Wildman–Crippen MR) is 155 cm³/mol. The highest BCUT2D eigenvalue weighted by molar-refractivity contribution is 6.31. The second-order valence-corrected chi connectivity index (χ2v) is 10.6. The van der Waals surface area contributed by atoms with Gasteiger partial charge >= 0.3 is 0 Å². The van der Waals surface area contributed by atoms with Gasteiger partial charge in [-0.2, -0.15) is 0 Å². The molecule has 7 heteroatoms. The third-order valence-electron chi connectivity index (χ3n) is 6.66. The summed E-state index contributed by atoms with van der Waals surface area (Å²) in [6.07, 6.45) is 1.27. The summed E-state index contributed by atoms with van der Waals surface area (Å²) in [7, 11) is 0. The van der Waals surface area contributed by atoms with E-state index < -0.39 is 6.04 Å². The van der Waals surface area contributed by atoms with Gasteiger partial charge < -0.3 is 10.6 Å². The minimum atomic E-state index is -0.435. The maximum Gasteiger partial charge on any atom is 0.261 e. The molecular formula is C31H35ClN4O2. The lowest BCUT2D eigenvalue weighted by atomic mass is 9.99. The summed E-state index contributed by atoms with van der Waals surface area (Å²) in [4.78, 5) is 34.8. The largest absolute Gasteiger partial charge is 0.330 e. The van der Waals surface area contributed by atoms with E-state index in [4.69, 9.17) is 22.3 Å². The molecule has 2 N–H and O–H groups in total. The lowest BCUT2D eigenvalue weighted by molar-refractivity contribution is 0.0636. The van der Waals surface area contributed by atoms with E-state index in [0.717, 1.165) is 11.1 Å². The summed E-state index contributed by atoms with van der Waals surface area (Å²) in [6.45, 7) is 7.47. The van der Waals surface area contributed by atoms with Crippen LogP contribution in [-0.4, -0.2) is 33.4 Å². The number of benzene rings is 3. The number of nitrogens with zero attached hydrogens (tertiary/aromatic N) is 3. The maximum absolute atomic E-state index is 14.0. The summed E-state index contributed by atoms with van der Waals surface area (Å²) < 4.78 is 1.72. The van der Waals surface area contributed by atoms with Crippen molar-refractivity contribution in [3.63, 3.8) is 0 Å². The van der Waals surface area contributed by atoms with Crippen LogP contribution in [0.15, 0.2) is 77.6 Å². The second-order valence-electron chi connectivity index (χ2n) is 10.2. The van der Waals surface area contributed by atoms with Crippen LogP contribution >= 0.6 is 11.6 Å². The number of fused-ring (bicyclic) bond motifs is 1. The molecule has 0 aliphatic heterocycles. The van der Waals surface area contributed by atoms with Crippen molar-refractivity contribution in [2.24, 2.45) is 11.7 Å². The first-order chi connectivity index (χ1) is 18.3. The van der Waals surface area contributed by atoms with E-state index in [1.54, 1.807) is 22.8 Å². The third-order valence-corrected chi connectivity index (χ3v) is 6.90. The molecule has 1 aromatic heterocycles. The Labute approximate surface area is 229 Å². The maximum atomic E-state index is 14.0. The van der Waals surface area contributed by atoms with Gasteiger partial charge in [-0.05, 0) is 68.1 Å². The van der Waals surface area contributed by atoms with Crippen molar-refractivity contribution in [3.8, 4) is 0 Å². The molecule has 1 atom stereocenters. The fourth-order valence-corrected chi connectivity index (χ4v) is 4.89. The Morgan fingerprint density at radius 2 is 1.76 bits per heavy atom. The number of carbonyl (C=O) groups excluding carboxylic acids is 1. The molecule has 1 heterocycles. The fraction of sp³-hybridized carbons (Fsp3) is 0.323. The van der Waals surface area contributed by atoms with Crippen LogP contribution in [0, 0.1) is 12.8 Å². The van der Waals surface area contributed by atoms with Gasteiger partial charge in [0.05, 0.1) is 23.5 Å². The summed E-state index contributed by atoms with van der Waals surface area (Å²) in [6, 6.07) is 22.1. The van der Waals surface area contributed by atoms with Crippen molar-refractivity contribution in [1.29, 1.82) is 0 Å². The van der Waals surface area contributed by atoms with Gasteiger partial charge in [-0.3, -0.25) is 14.2 Å². The van der Waals surface area contributed by atoms with E-state index in [9.17, 15) is 9.59 Å². The highest BCUT2D eigenvalue weighted by Gasteiger charge is 2.31. The number of amides is 1. The molecule has 0 aliphatic rings. The SMILES string of the molecule is Cc1ccc(C(=O)N(CCCN)C(CC(C)C)c2nc3cc(Cl)ccc3c(=O)n2Cc2ccccc2)cc1. The topological polar surface area (TPSA) is 81.2 Å². The summed E-state index contributed by atoms with van der Waals surface area (Å²) >= 11 is 6.30. The third kappa shape index (κ3) is 6.32. The Morgan fingerprint density at radius 1 is 1.05 bits per heavy atom. The zero-order chi connectivity index (χ0) is 27.2. The van der Waals surface area contributed by atoms with Gasteiger partial charge in [0, 0.05) is 17.1 Å². The number of hydrogen-bond acceptors (Lipinski definition) is 4. The van der Waals surface area contributed by atoms with Crippen LogP contribution in [0.1, 0.15) is 60.0 Å². The molecule has 4 rings (SSSR count). The van der Waals surface area contributed by atoms with Crippen LogP contribution in [0.2, 0.25) is 5.02 Å². The molecule has 1 amide bonds. The molecule has 6 nitrogen and oxygen atoms in total. The van der Waals surface area contributed by atoms with Gasteiger partial charge in [0.25, 0.3) is 11.5 Å². The molecule has 0 spiro atoms. The number of nitrogens with two attached hydrogens (primary N) is 1. The minimum Gasteiger partial charge on any atom is -0.330 e. The van der Waals surface area contributed by atoms with Crippen molar-refractivity contribution in [1.82, 2.24) is 14.5 Å². The Balaban J connectivity index is 1.93. The fourth-order valence-electron chi connectivity index (χ4n) is 4.73. The molecule has 0 saturated heterocycles. The lowest BCUT2D eigenvalue weighted by Gasteiger charge is -2.34. The van der Waals surface area contributed by atoms with Gasteiger partial charge in [0.15, 0.2) is 0 Å². The van der Waals surface area contributed by atoms with Crippen LogP contribution < -0.4 is 11.3 Å². The van der Waals surface area contributed by atoms with Crippen molar-refractivity contribution in [2.45, 2.75) is 46.2 Å². The molecule has 0 fully saturated rings. The van der Waals surface area contributed by atoms with Gasteiger partial charge in [0.2, 0.25) is 0 Å². The average Bonchev–Trinajstić information content (AvgIpc) is 2.90. The average molecular weight is 531 g/mol. The first-order valence-corrected chi connectivity index (χ1v) is 13.5. The monoisotopic (exact) mass is 530 g/mol. The van der Waals surface area contributed by atoms with Crippen molar-refractivity contribution in [2.75, 3.05) is 13.1 Å². The Kier molecular flexibility index (Phi) is 8.97. The molecule has 198 valence electrons. The Morgan fingerprint density at radius 3 is 2.42 bits per heavy atom. The van der Waals surface area contributed by atoms with Crippen LogP contribution in [0.3, 0.4) is 0 Å². The second kappa shape index (κ2) is 12.4. The van der Waals surface area contributed by atoms with Crippen molar-refractivity contribution >= 4 is 28.4 Å². The molecule has 4 aromatic rings. The first-order valence-electron chi connectivity index (χ1n) is 13.1. The number of aromatic nitrogens is 2. The highest BCUT2D eigenvalue weighted by atomic mass is 35.5. The summed E-state index contributed by atoms with van der Waals surface area (Å²) in [5.41, 5.74) is 8.93.